The fraction of sp³-hybridized carbons (Fsp3) is 0.467. The van der Waals surface area contributed by atoms with E-state index < -0.39 is 0 Å². The van der Waals surface area contributed by atoms with E-state index in [0.29, 0.717) is 0 Å². The Bertz CT molecular complexity index is 387. The monoisotopic (exact) mass is 214 g/mol. The summed E-state index contributed by atoms with van der Waals surface area (Å²) in [5.41, 5.74) is 2.97. The van der Waals surface area contributed by atoms with Crippen LogP contribution < -0.4 is 4.74 Å². The molecule has 1 nitrogen and oxygen atoms in total. The number of terminal acetylenes is 1. The summed E-state index contributed by atoms with van der Waals surface area (Å²) in [4.78, 5) is 0. The molecule has 1 heteroatoms. The van der Waals surface area contributed by atoms with Crippen molar-refractivity contribution in [1.29, 1.82) is 0 Å². The van der Waals surface area contributed by atoms with Gasteiger partial charge < -0.3 is 4.74 Å². The van der Waals surface area contributed by atoms with E-state index in [2.05, 4.69) is 24.1 Å². The molecule has 2 rings (SSSR count). The van der Waals surface area contributed by atoms with Gasteiger partial charge in [0.15, 0.2) is 0 Å². The maximum Gasteiger partial charge on any atom is 0.119 e. The third kappa shape index (κ3) is 2.79. The highest BCUT2D eigenvalue weighted by molar-refractivity contribution is 5.37. The van der Waals surface area contributed by atoms with Gasteiger partial charge in [0, 0.05) is 6.42 Å². The van der Waals surface area contributed by atoms with Crippen LogP contribution in [-0.4, -0.2) is 6.61 Å². The summed E-state index contributed by atoms with van der Waals surface area (Å²) in [5, 5.41) is 0. The predicted octanol–water partition coefficient (Wildman–Crippen LogP) is 3.36. The zero-order chi connectivity index (χ0) is 11.2. The molecule has 0 atom stereocenters. The number of aryl methyl sites for hydroxylation is 2. The molecule has 84 valence electrons. The molecule has 0 unspecified atom stereocenters. The van der Waals surface area contributed by atoms with Gasteiger partial charge in [-0.05, 0) is 55.4 Å². The molecule has 0 heterocycles. The second kappa shape index (κ2) is 5.61. The van der Waals surface area contributed by atoms with E-state index in [1.54, 1.807) is 0 Å². The van der Waals surface area contributed by atoms with E-state index in [1.165, 1.54) is 36.8 Å². The molecule has 1 aliphatic rings. The summed E-state index contributed by atoms with van der Waals surface area (Å²) >= 11 is 0. The second-order valence-corrected chi connectivity index (χ2v) is 4.29. The maximum atomic E-state index is 5.68. The van der Waals surface area contributed by atoms with Crippen molar-refractivity contribution in [3.05, 3.63) is 29.3 Å². The Kier molecular flexibility index (Phi) is 3.88. The zero-order valence-corrected chi connectivity index (χ0v) is 9.67. The van der Waals surface area contributed by atoms with Gasteiger partial charge in [-0.2, -0.15) is 0 Å². The Morgan fingerprint density at radius 1 is 1.19 bits per heavy atom. The van der Waals surface area contributed by atoms with E-state index >= 15 is 0 Å². The summed E-state index contributed by atoms with van der Waals surface area (Å²) in [6.45, 7) is 0.725. The lowest BCUT2D eigenvalue weighted by atomic mass is 9.92. The summed E-state index contributed by atoms with van der Waals surface area (Å²) < 4.78 is 5.68. The lowest BCUT2D eigenvalue weighted by Gasteiger charge is -2.16. The zero-order valence-electron chi connectivity index (χ0n) is 9.67. The summed E-state index contributed by atoms with van der Waals surface area (Å²) in [5.74, 6) is 3.62. The summed E-state index contributed by atoms with van der Waals surface area (Å²) in [7, 11) is 0. The number of benzene rings is 1. The van der Waals surface area contributed by atoms with E-state index in [-0.39, 0.29) is 0 Å². The van der Waals surface area contributed by atoms with Crippen LogP contribution in [-0.2, 0) is 12.8 Å². The number of hydrogen-bond acceptors (Lipinski definition) is 1. The molecule has 0 aliphatic heterocycles. The number of fused-ring (bicyclic) bond motifs is 1. The first kappa shape index (κ1) is 11.1. The SMILES string of the molecule is C#CCCCOc1ccc2c(c1)CCCC2. The highest BCUT2D eigenvalue weighted by atomic mass is 16.5. The molecule has 16 heavy (non-hydrogen) atoms. The Labute approximate surface area is 97.8 Å². The first-order chi connectivity index (χ1) is 7.90. The Morgan fingerprint density at radius 2 is 2.00 bits per heavy atom. The van der Waals surface area contributed by atoms with E-state index in [4.69, 9.17) is 11.2 Å². The highest BCUT2D eigenvalue weighted by Crippen LogP contribution is 2.25. The van der Waals surface area contributed by atoms with E-state index in [1.807, 2.05) is 0 Å². The summed E-state index contributed by atoms with van der Waals surface area (Å²) in [6.07, 6.45) is 12.0. The molecule has 0 fully saturated rings. The van der Waals surface area contributed by atoms with Gasteiger partial charge in [-0.25, -0.2) is 0 Å². The van der Waals surface area contributed by atoms with Gasteiger partial charge >= 0.3 is 0 Å². The lowest BCUT2D eigenvalue weighted by Crippen LogP contribution is -2.03. The van der Waals surface area contributed by atoms with Crippen molar-refractivity contribution in [2.75, 3.05) is 6.61 Å². The molecule has 0 radical (unpaired) electrons. The van der Waals surface area contributed by atoms with Crippen LogP contribution in [0.3, 0.4) is 0 Å². The van der Waals surface area contributed by atoms with Crippen molar-refractivity contribution >= 4 is 0 Å². The minimum atomic E-state index is 0.725. The van der Waals surface area contributed by atoms with Crippen molar-refractivity contribution in [1.82, 2.24) is 0 Å². The van der Waals surface area contributed by atoms with E-state index in [9.17, 15) is 0 Å². The van der Waals surface area contributed by atoms with Crippen molar-refractivity contribution < 1.29 is 4.74 Å². The quantitative estimate of drug-likeness (QED) is 0.551. The van der Waals surface area contributed by atoms with Crippen LogP contribution in [0.25, 0.3) is 0 Å². The largest absolute Gasteiger partial charge is 0.494 e. The number of unbranched alkanes of at least 4 members (excludes halogenated alkanes) is 1. The number of ether oxygens (including phenoxy) is 1. The van der Waals surface area contributed by atoms with Crippen molar-refractivity contribution in [3.63, 3.8) is 0 Å². The van der Waals surface area contributed by atoms with Gasteiger partial charge in [-0.3, -0.25) is 0 Å². The molecule has 0 amide bonds. The van der Waals surface area contributed by atoms with Crippen LogP contribution in [0.15, 0.2) is 18.2 Å². The normalized spacial score (nSPS) is 13.9. The van der Waals surface area contributed by atoms with Crippen LogP contribution in [0, 0.1) is 12.3 Å². The van der Waals surface area contributed by atoms with Crippen LogP contribution >= 0.6 is 0 Å². The molecule has 0 saturated carbocycles. The van der Waals surface area contributed by atoms with Gasteiger partial charge in [-0.15, -0.1) is 12.3 Å². The van der Waals surface area contributed by atoms with Gasteiger partial charge in [0.1, 0.15) is 5.75 Å². The Morgan fingerprint density at radius 3 is 2.81 bits per heavy atom. The molecule has 1 aromatic rings. The molecule has 0 aromatic heterocycles. The molecule has 1 aliphatic carbocycles. The second-order valence-electron chi connectivity index (χ2n) is 4.29. The first-order valence-corrected chi connectivity index (χ1v) is 6.08. The van der Waals surface area contributed by atoms with E-state index in [0.717, 1.165) is 25.2 Å². The van der Waals surface area contributed by atoms with Crippen LogP contribution in [0.4, 0.5) is 0 Å². The molecule has 0 bridgehead atoms. The van der Waals surface area contributed by atoms with Gasteiger partial charge in [0.05, 0.1) is 6.61 Å². The number of hydrogen-bond donors (Lipinski definition) is 0. The fourth-order valence-corrected chi connectivity index (χ4v) is 2.16. The maximum absolute atomic E-state index is 5.68. The average molecular weight is 214 g/mol. The van der Waals surface area contributed by atoms with Gasteiger partial charge in [0.2, 0.25) is 0 Å². The smallest absolute Gasteiger partial charge is 0.119 e. The molecule has 0 N–H and O–H groups in total. The molecule has 0 spiro atoms. The van der Waals surface area contributed by atoms with Crippen LogP contribution in [0.2, 0.25) is 0 Å². The van der Waals surface area contributed by atoms with Crippen molar-refractivity contribution in [3.8, 4) is 18.1 Å². The van der Waals surface area contributed by atoms with Gasteiger partial charge in [-0.1, -0.05) is 6.07 Å². The first-order valence-electron chi connectivity index (χ1n) is 6.08. The average Bonchev–Trinajstić information content (AvgIpc) is 2.34. The van der Waals surface area contributed by atoms with Gasteiger partial charge in [0.25, 0.3) is 0 Å². The van der Waals surface area contributed by atoms with Crippen molar-refractivity contribution in [2.24, 2.45) is 0 Å². The number of rotatable bonds is 4. The van der Waals surface area contributed by atoms with Crippen molar-refractivity contribution in [2.45, 2.75) is 38.5 Å². The van der Waals surface area contributed by atoms with Crippen LogP contribution in [0.5, 0.6) is 5.75 Å². The fourth-order valence-electron chi connectivity index (χ4n) is 2.16. The topological polar surface area (TPSA) is 9.23 Å². The molecule has 0 saturated heterocycles. The molecular weight excluding hydrogens is 196 g/mol. The minimum Gasteiger partial charge on any atom is -0.494 e. The summed E-state index contributed by atoms with van der Waals surface area (Å²) in [6, 6.07) is 6.50. The van der Waals surface area contributed by atoms with Crippen LogP contribution in [0.1, 0.15) is 36.8 Å². The lowest BCUT2D eigenvalue weighted by molar-refractivity contribution is 0.312. The molecule has 1 aromatic carbocycles. The third-order valence-electron chi connectivity index (χ3n) is 3.05. The standard InChI is InChI=1S/C15H18O/c1-2-3-6-11-16-15-10-9-13-7-4-5-8-14(13)12-15/h1,9-10,12H,3-8,11H2. The molecular formula is C15H18O. The Balaban J connectivity index is 1.93. The predicted molar refractivity (Wildman–Crippen MR) is 66.6 cm³/mol. The minimum absolute atomic E-state index is 0.725. The third-order valence-corrected chi connectivity index (χ3v) is 3.05. The highest BCUT2D eigenvalue weighted by Gasteiger charge is 2.09. The Hall–Kier alpha value is -1.42.